The molecule has 1 saturated carbocycles. The van der Waals surface area contributed by atoms with Gasteiger partial charge in [0.05, 0.1) is 17.4 Å². The summed E-state index contributed by atoms with van der Waals surface area (Å²) in [4.78, 5) is 34.6. The number of likely N-dealkylation sites (N-methyl/N-ethyl adjacent to an activating group) is 1. The van der Waals surface area contributed by atoms with Crippen LogP contribution in [-0.4, -0.2) is 72.6 Å². The van der Waals surface area contributed by atoms with Crippen LogP contribution in [0.4, 0.5) is 5.69 Å². The summed E-state index contributed by atoms with van der Waals surface area (Å²) in [5.74, 6) is 0.611. The van der Waals surface area contributed by atoms with E-state index < -0.39 is 0 Å². The van der Waals surface area contributed by atoms with Crippen molar-refractivity contribution in [2.45, 2.75) is 51.8 Å². The average Bonchev–Trinajstić information content (AvgIpc) is 2.84. The van der Waals surface area contributed by atoms with Crippen molar-refractivity contribution >= 4 is 17.5 Å². The van der Waals surface area contributed by atoms with Gasteiger partial charge in [0.1, 0.15) is 12.4 Å². The van der Waals surface area contributed by atoms with E-state index >= 15 is 0 Å². The second kappa shape index (κ2) is 11.8. The lowest BCUT2D eigenvalue weighted by molar-refractivity contribution is -0.122. The topological polar surface area (TPSA) is 84.0 Å². The van der Waals surface area contributed by atoms with Crippen LogP contribution in [0.25, 0.3) is 0 Å². The number of nitrogens with one attached hydrogen (secondary N) is 1. The largest absolute Gasteiger partial charge is 0.491 e. The minimum Gasteiger partial charge on any atom is -0.491 e. The molecule has 1 aromatic heterocycles. The van der Waals surface area contributed by atoms with Gasteiger partial charge in [-0.2, -0.15) is 0 Å². The lowest BCUT2D eigenvalue weighted by Gasteiger charge is -2.36. The first-order valence-corrected chi connectivity index (χ1v) is 12.9. The van der Waals surface area contributed by atoms with Crippen molar-refractivity contribution in [3.05, 3.63) is 53.9 Å². The molecule has 8 nitrogen and oxygen atoms in total. The normalized spacial score (nSPS) is 24.1. The molecule has 1 N–H and O–H groups in total. The highest BCUT2D eigenvalue weighted by Gasteiger charge is 2.29. The Kier molecular flexibility index (Phi) is 8.59. The van der Waals surface area contributed by atoms with Gasteiger partial charge in [-0.1, -0.05) is 19.4 Å². The summed E-state index contributed by atoms with van der Waals surface area (Å²) in [5, 5.41) is 2.98. The van der Waals surface area contributed by atoms with Crippen molar-refractivity contribution in [3.63, 3.8) is 0 Å². The zero-order valence-corrected chi connectivity index (χ0v) is 21.8. The fraction of sp³-hybridized carbons (Fsp3) is 0.536. The second-order valence-electron chi connectivity index (χ2n) is 10.2. The maximum absolute atomic E-state index is 13.5. The van der Waals surface area contributed by atoms with Crippen molar-refractivity contribution in [3.8, 4) is 5.75 Å². The Morgan fingerprint density at radius 3 is 2.67 bits per heavy atom. The third-order valence-electron chi connectivity index (χ3n) is 7.41. The third-order valence-corrected chi connectivity index (χ3v) is 7.41. The molecule has 2 aromatic rings. The molecule has 1 aliphatic carbocycles. The number of pyridine rings is 1. The van der Waals surface area contributed by atoms with Crippen LogP contribution in [0.5, 0.6) is 5.75 Å². The number of nitrogens with zero attached hydrogens (tertiary/aromatic N) is 3. The van der Waals surface area contributed by atoms with Crippen LogP contribution in [0.2, 0.25) is 0 Å². The maximum atomic E-state index is 13.5. The highest BCUT2D eigenvalue weighted by atomic mass is 16.5. The smallest absolute Gasteiger partial charge is 0.257 e. The van der Waals surface area contributed by atoms with Crippen LogP contribution in [0, 0.1) is 11.8 Å². The number of benzene rings is 1. The molecule has 194 valence electrons. The fourth-order valence-electron chi connectivity index (χ4n) is 4.76. The first kappa shape index (κ1) is 26.1. The number of amides is 2. The summed E-state index contributed by atoms with van der Waals surface area (Å²) in [7, 11) is 3.48. The Balaban J connectivity index is 1.60. The number of carbonyl (C=O) groups excluding carboxylic acids is 2. The van der Waals surface area contributed by atoms with Crippen LogP contribution in [-0.2, 0) is 16.1 Å². The van der Waals surface area contributed by atoms with Crippen molar-refractivity contribution in [1.82, 2.24) is 14.8 Å². The number of ether oxygens (including phenoxy) is 2. The molecule has 2 heterocycles. The Morgan fingerprint density at radius 2 is 2.00 bits per heavy atom. The Labute approximate surface area is 214 Å². The Morgan fingerprint density at radius 1 is 1.19 bits per heavy atom. The number of anilines is 1. The highest BCUT2D eigenvalue weighted by Crippen LogP contribution is 2.30. The van der Waals surface area contributed by atoms with Gasteiger partial charge in [-0.15, -0.1) is 0 Å². The maximum Gasteiger partial charge on any atom is 0.257 e. The van der Waals surface area contributed by atoms with Crippen molar-refractivity contribution in [2.24, 2.45) is 11.8 Å². The molecule has 36 heavy (non-hydrogen) atoms. The molecule has 0 saturated heterocycles. The highest BCUT2D eigenvalue weighted by molar-refractivity contribution is 6.00. The van der Waals surface area contributed by atoms with Gasteiger partial charge in [0.15, 0.2) is 0 Å². The molecule has 1 fully saturated rings. The summed E-state index contributed by atoms with van der Waals surface area (Å²) >= 11 is 0. The second-order valence-corrected chi connectivity index (χ2v) is 10.2. The van der Waals surface area contributed by atoms with E-state index in [0.717, 1.165) is 31.5 Å². The van der Waals surface area contributed by atoms with E-state index in [0.29, 0.717) is 36.7 Å². The van der Waals surface area contributed by atoms with Gasteiger partial charge in [0, 0.05) is 57.6 Å². The summed E-state index contributed by atoms with van der Waals surface area (Å²) in [5.41, 5.74) is 2.05. The van der Waals surface area contributed by atoms with E-state index in [-0.39, 0.29) is 35.8 Å². The van der Waals surface area contributed by atoms with Gasteiger partial charge in [-0.25, -0.2) is 0 Å². The monoisotopic (exact) mass is 494 g/mol. The number of aromatic nitrogens is 1. The van der Waals surface area contributed by atoms with E-state index in [2.05, 4.69) is 29.0 Å². The molecule has 4 rings (SSSR count). The van der Waals surface area contributed by atoms with Gasteiger partial charge >= 0.3 is 0 Å². The van der Waals surface area contributed by atoms with Gasteiger partial charge in [-0.3, -0.25) is 19.5 Å². The molecule has 0 radical (unpaired) electrons. The first-order chi connectivity index (χ1) is 17.4. The molecular weight excluding hydrogens is 456 g/mol. The zero-order valence-electron chi connectivity index (χ0n) is 21.8. The van der Waals surface area contributed by atoms with E-state index in [1.165, 1.54) is 0 Å². The van der Waals surface area contributed by atoms with Gasteiger partial charge < -0.3 is 19.7 Å². The van der Waals surface area contributed by atoms with Gasteiger partial charge in [0.25, 0.3) is 5.91 Å². The number of carbonyl (C=O) groups is 2. The Bertz CT molecular complexity index is 1040. The third kappa shape index (κ3) is 6.23. The molecule has 0 unspecified atom stereocenters. The van der Waals surface area contributed by atoms with Crippen molar-refractivity contribution < 1.29 is 19.1 Å². The van der Waals surface area contributed by atoms with Crippen LogP contribution < -0.4 is 10.1 Å². The number of hydrogen-bond acceptors (Lipinski definition) is 6. The molecule has 2 aliphatic rings. The summed E-state index contributed by atoms with van der Waals surface area (Å²) in [6.45, 7) is 6.61. The standard InChI is InChI=1S/C28H38N4O4/c1-19-15-32(16-23-10-5-6-13-29-23)20(2)18-36-25-12-11-22(30-27(33)21-8-7-9-21)14-24(25)28(34)31(3)17-26(19)35-4/h5-6,10-14,19-21,26H,7-9,15-18H2,1-4H3,(H,30,33)/t19-,20-,26+/m0/s1. The SMILES string of the molecule is CO[C@@H]1CN(C)C(=O)c2cc(NC(=O)C3CCC3)ccc2OC[C@H](C)N(Cc2ccccn2)C[C@@H]1C. The summed E-state index contributed by atoms with van der Waals surface area (Å²) in [6.07, 6.45) is 4.61. The molecule has 3 atom stereocenters. The first-order valence-electron chi connectivity index (χ1n) is 12.9. The molecule has 2 amide bonds. The van der Waals surface area contributed by atoms with E-state index in [1.54, 1.807) is 31.2 Å². The van der Waals surface area contributed by atoms with E-state index in [4.69, 9.17) is 9.47 Å². The molecule has 1 aliphatic heterocycles. The van der Waals surface area contributed by atoms with Crippen LogP contribution in [0.15, 0.2) is 42.6 Å². The van der Waals surface area contributed by atoms with Crippen molar-refractivity contribution in [2.75, 3.05) is 39.2 Å². The van der Waals surface area contributed by atoms with Crippen molar-refractivity contribution in [1.29, 1.82) is 0 Å². The fourth-order valence-corrected chi connectivity index (χ4v) is 4.76. The minimum atomic E-state index is -0.155. The molecule has 8 heteroatoms. The van der Waals surface area contributed by atoms with Crippen LogP contribution >= 0.6 is 0 Å². The predicted molar refractivity (Wildman–Crippen MR) is 139 cm³/mol. The lowest BCUT2D eigenvalue weighted by atomic mass is 9.85. The molecule has 1 aromatic carbocycles. The van der Waals surface area contributed by atoms with Gasteiger partial charge in [-0.05, 0) is 56.0 Å². The summed E-state index contributed by atoms with van der Waals surface area (Å²) < 4.78 is 12.1. The van der Waals surface area contributed by atoms with E-state index in [9.17, 15) is 9.59 Å². The average molecular weight is 495 g/mol. The Hall–Kier alpha value is -2.97. The van der Waals surface area contributed by atoms with Crippen LogP contribution in [0.1, 0.15) is 49.2 Å². The zero-order chi connectivity index (χ0) is 25.7. The lowest BCUT2D eigenvalue weighted by Crippen LogP contribution is -2.46. The number of hydrogen-bond donors (Lipinski definition) is 1. The molecule has 0 bridgehead atoms. The van der Waals surface area contributed by atoms with Gasteiger partial charge in [0.2, 0.25) is 5.91 Å². The number of methoxy groups -OCH3 is 1. The minimum absolute atomic E-state index is 0.0168. The summed E-state index contributed by atoms with van der Waals surface area (Å²) in [6, 6.07) is 11.4. The van der Waals surface area contributed by atoms with E-state index in [1.807, 2.05) is 30.5 Å². The number of rotatable bonds is 5. The molecule has 0 spiro atoms. The number of fused-ring (bicyclic) bond motifs is 1. The van der Waals surface area contributed by atoms with Crippen LogP contribution in [0.3, 0.4) is 0 Å². The molecular formula is C28H38N4O4. The predicted octanol–water partition coefficient (Wildman–Crippen LogP) is 3.83. The quantitative estimate of drug-likeness (QED) is 0.680.